The van der Waals surface area contributed by atoms with E-state index in [2.05, 4.69) is 31.2 Å². The zero-order valence-electron chi connectivity index (χ0n) is 13.4. The number of aromatic nitrogens is 1. The number of nitrogens with one attached hydrogen (secondary N) is 1. The van der Waals surface area contributed by atoms with Crippen LogP contribution in [0.15, 0.2) is 39.9 Å². The molecule has 0 saturated carbocycles. The number of nitrogens with two attached hydrogens (primary N) is 1. The van der Waals surface area contributed by atoms with Crippen molar-refractivity contribution in [3.05, 3.63) is 51.8 Å². The zero-order valence-corrected chi connectivity index (χ0v) is 15.0. The molecule has 0 fully saturated rings. The molecule has 1 aromatic carbocycles. The van der Waals surface area contributed by atoms with E-state index in [0.29, 0.717) is 21.3 Å². The van der Waals surface area contributed by atoms with Crippen molar-refractivity contribution in [3.8, 4) is 5.75 Å². The Balaban J connectivity index is 1.63. The number of fused-ring (bicyclic) bond motifs is 2. The Morgan fingerprint density at radius 1 is 1.46 bits per heavy atom. The van der Waals surface area contributed by atoms with Crippen LogP contribution < -0.4 is 11.1 Å². The van der Waals surface area contributed by atoms with E-state index >= 15 is 0 Å². The molecule has 2 atom stereocenters. The van der Waals surface area contributed by atoms with E-state index in [4.69, 9.17) is 10.5 Å². The van der Waals surface area contributed by atoms with Gasteiger partial charge in [-0.3, -0.25) is 9.79 Å². The van der Waals surface area contributed by atoms with Gasteiger partial charge in [-0.15, -0.1) is 0 Å². The van der Waals surface area contributed by atoms with Crippen molar-refractivity contribution < 1.29 is 19.0 Å². The van der Waals surface area contributed by atoms with Crippen molar-refractivity contribution in [2.45, 2.75) is 11.7 Å². The summed E-state index contributed by atoms with van der Waals surface area (Å²) in [4.78, 5) is 20.5. The number of carbonyl (C=O) groups is 1. The molecule has 1 aliphatic heterocycles. The summed E-state index contributed by atoms with van der Waals surface area (Å²) in [6.07, 6.45) is 0.101. The van der Waals surface area contributed by atoms with Gasteiger partial charge < -0.3 is 20.9 Å². The maximum absolute atomic E-state index is 14.6. The predicted molar refractivity (Wildman–Crippen MR) is 96.0 cm³/mol. The number of benzene rings is 1. The van der Waals surface area contributed by atoms with Crippen LogP contribution in [0.4, 0.5) is 10.1 Å². The number of amides is 1. The fourth-order valence-electron chi connectivity index (χ4n) is 3.24. The molecule has 4 rings (SSSR count). The summed E-state index contributed by atoms with van der Waals surface area (Å²) < 4.78 is 20.5. The van der Waals surface area contributed by atoms with E-state index < -0.39 is 17.6 Å². The van der Waals surface area contributed by atoms with Crippen molar-refractivity contribution in [1.29, 1.82) is 0 Å². The molecular weight excluding hydrogens is 407 g/mol. The molecule has 0 saturated heterocycles. The van der Waals surface area contributed by atoms with E-state index in [1.165, 1.54) is 12.3 Å². The van der Waals surface area contributed by atoms with Gasteiger partial charge >= 0.3 is 0 Å². The Morgan fingerprint density at radius 3 is 3.00 bits per heavy atom. The number of amidine groups is 1. The molecule has 0 radical (unpaired) electrons. The van der Waals surface area contributed by atoms with Crippen LogP contribution in [0.3, 0.4) is 0 Å². The number of carbonyl (C=O) groups excluding carboxylic acids is 1. The highest BCUT2D eigenvalue weighted by Gasteiger charge is 2.54. The van der Waals surface area contributed by atoms with Crippen molar-refractivity contribution in [1.82, 2.24) is 4.98 Å². The number of aliphatic imine (C=N–C) groups is 1. The first-order valence-corrected chi connectivity index (χ1v) is 8.56. The number of nitrogens with zero attached hydrogens (tertiary/aromatic N) is 2. The van der Waals surface area contributed by atoms with Crippen LogP contribution in [0.2, 0.25) is 0 Å². The summed E-state index contributed by atoms with van der Waals surface area (Å²) in [5, 5.41) is 12.5. The first-order valence-electron chi connectivity index (χ1n) is 7.77. The Morgan fingerprint density at radius 2 is 2.27 bits per heavy atom. The first-order chi connectivity index (χ1) is 12.4. The molecule has 2 aromatic rings. The SMILES string of the molecule is NC1=NC2(COC1)c1cc(NC(=O)c3ncc(Br)cc3O)ccc1C2F. The van der Waals surface area contributed by atoms with Gasteiger partial charge in [-0.2, -0.15) is 0 Å². The standard InChI is InChI=1S/C17H14BrFN4O3/c18-8-3-12(24)14(21-5-8)16(25)22-9-1-2-10-11(4-9)17(15(10)19)7-26-6-13(20)23-17/h1-5,15,24H,6-7H2,(H2,20,23)(H,22,25). The van der Waals surface area contributed by atoms with Crippen LogP contribution in [-0.2, 0) is 10.3 Å². The number of hydrogen-bond acceptors (Lipinski definition) is 6. The lowest BCUT2D eigenvalue weighted by molar-refractivity contribution is 0.0253. The Labute approximate surface area is 156 Å². The van der Waals surface area contributed by atoms with Gasteiger partial charge in [-0.1, -0.05) is 6.07 Å². The van der Waals surface area contributed by atoms with E-state index in [-0.39, 0.29) is 30.5 Å². The number of alkyl halides is 1. The fourth-order valence-corrected chi connectivity index (χ4v) is 3.56. The second-order valence-electron chi connectivity index (χ2n) is 6.16. The molecule has 4 N–H and O–H groups in total. The molecule has 9 heteroatoms. The van der Waals surface area contributed by atoms with Gasteiger partial charge in [0, 0.05) is 16.4 Å². The molecule has 0 bridgehead atoms. The highest BCUT2D eigenvalue weighted by atomic mass is 79.9. The lowest BCUT2D eigenvalue weighted by atomic mass is 9.69. The predicted octanol–water partition coefficient (Wildman–Crippen LogP) is 2.41. The highest BCUT2D eigenvalue weighted by Crippen LogP contribution is 2.55. The average molecular weight is 421 g/mol. The molecule has 134 valence electrons. The molecule has 2 heterocycles. The number of pyridine rings is 1. The number of aromatic hydroxyl groups is 1. The highest BCUT2D eigenvalue weighted by molar-refractivity contribution is 9.10. The van der Waals surface area contributed by atoms with Gasteiger partial charge in [0.15, 0.2) is 11.9 Å². The third kappa shape index (κ3) is 2.55. The van der Waals surface area contributed by atoms with Gasteiger partial charge in [-0.25, -0.2) is 9.37 Å². The van der Waals surface area contributed by atoms with E-state index in [0.717, 1.165) is 0 Å². The van der Waals surface area contributed by atoms with Crippen LogP contribution in [0.1, 0.15) is 27.8 Å². The third-order valence-corrected chi connectivity index (χ3v) is 4.87. The Kier molecular flexibility index (Phi) is 3.92. The summed E-state index contributed by atoms with van der Waals surface area (Å²) in [6.45, 7) is 0.267. The lowest BCUT2D eigenvalue weighted by Gasteiger charge is -2.45. The quantitative estimate of drug-likeness (QED) is 0.690. The summed E-state index contributed by atoms with van der Waals surface area (Å²) >= 11 is 3.16. The summed E-state index contributed by atoms with van der Waals surface area (Å²) in [5.74, 6) is -0.592. The summed E-state index contributed by atoms with van der Waals surface area (Å²) in [5.41, 5.74) is 5.99. The minimum Gasteiger partial charge on any atom is -0.505 e. The maximum atomic E-state index is 14.6. The second-order valence-corrected chi connectivity index (χ2v) is 7.08. The van der Waals surface area contributed by atoms with Gasteiger partial charge in [0.05, 0.1) is 6.61 Å². The molecule has 1 aliphatic carbocycles. The number of halogens is 2. The zero-order chi connectivity index (χ0) is 18.5. The normalized spacial score (nSPS) is 23.8. The smallest absolute Gasteiger partial charge is 0.278 e. The number of anilines is 1. The molecule has 26 heavy (non-hydrogen) atoms. The van der Waals surface area contributed by atoms with Crippen LogP contribution in [0.5, 0.6) is 5.75 Å². The second kappa shape index (κ2) is 6.03. The Hall–Kier alpha value is -2.52. The molecule has 1 spiro atoms. The molecule has 2 aliphatic rings. The van der Waals surface area contributed by atoms with Crippen molar-refractivity contribution in [2.75, 3.05) is 18.5 Å². The van der Waals surface area contributed by atoms with E-state index in [9.17, 15) is 14.3 Å². The summed E-state index contributed by atoms with van der Waals surface area (Å²) in [7, 11) is 0. The lowest BCUT2D eigenvalue weighted by Crippen LogP contribution is -2.49. The van der Waals surface area contributed by atoms with E-state index in [1.54, 1.807) is 18.2 Å². The first kappa shape index (κ1) is 16.9. The molecule has 1 aromatic heterocycles. The van der Waals surface area contributed by atoms with Crippen molar-refractivity contribution in [3.63, 3.8) is 0 Å². The average Bonchev–Trinajstić information content (AvgIpc) is 2.61. The number of rotatable bonds is 2. The van der Waals surface area contributed by atoms with Crippen LogP contribution in [0.25, 0.3) is 0 Å². The van der Waals surface area contributed by atoms with Crippen LogP contribution in [0, 0.1) is 0 Å². The monoisotopic (exact) mass is 420 g/mol. The summed E-state index contributed by atoms with van der Waals surface area (Å²) in [6, 6.07) is 6.20. The van der Waals surface area contributed by atoms with Crippen LogP contribution >= 0.6 is 15.9 Å². The minimum absolute atomic E-state index is 0.0916. The largest absolute Gasteiger partial charge is 0.505 e. The molecule has 1 amide bonds. The topological polar surface area (TPSA) is 110 Å². The number of ether oxygens (including phenoxy) is 1. The van der Waals surface area contributed by atoms with Crippen LogP contribution in [-0.4, -0.2) is 35.0 Å². The Bertz CT molecular complexity index is 952. The van der Waals surface area contributed by atoms with Crippen molar-refractivity contribution in [2.24, 2.45) is 10.7 Å². The van der Waals surface area contributed by atoms with Gasteiger partial charge in [0.2, 0.25) is 0 Å². The molecule has 2 unspecified atom stereocenters. The fraction of sp³-hybridized carbons (Fsp3) is 0.235. The number of hydrogen-bond donors (Lipinski definition) is 3. The van der Waals surface area contributed by atoms with Gasteiger partial charge in [-0.05, 0) is 45.3 Å². The minimum atomic E-state index is -1.31. The maximum Gasteiger partial charge on any atom is 0.278 e. The van der Waals surface area contributed by atoms with Gasteiger partial charge in [0.25, 0.3) is 5.91 Å². The molecular formula is C17H14BrFN4O3. The van der Waals surface area contributed by atoms with E-state index in [1.807, 2.05) is 0 Å². The molecule has 7 nitrogen and oxygen atoms in total. The van der Waals surface area contributed by atoms with Gasteiger partial charge in [0.1, 0.15) is 23.7 Å². The van der Waals surface area contributed by atoms with Crippen molar-refractivity contribution >= 4 is 33.4 Å². The third-order valence-electron chi connectivity index (χ3n) is 4.43.